The van der Waals surface area contributed by atoms with E-state index in [4.69, 9.17) is 4.74 Å². The Morgan fingerprint density at radius 1 is 1.26 bits per heavy atom. The van der Waals surface area contributed by atoms with E-state index in [1.807, 2.05) is 0 Å². The number of hydrogen-bond acceptors (Lipinski definition) is 4. The number of morpholine rings is 1. The lowest BCUT2D eigenvalue weighted by Gasteiger charge is -2.27. The number of rotatable bonds is 3. The minimum absolute atomic E-state index is 0.0394. The van der Waals surface area contributed by atoms with Gasteiger partial charge >= 0.3 is 0 Å². The van der Waals surface area contributed by atoms with Crippen molar-refractivity contribution in [2.45, 2.75) is 32.3 Å². The molecule has 0 aromatic rings. The molecule has 106 valence electrons. The monoisotopic (exact) mass is 266 g/mol. The normalized spacial score (nSPS) is 38.9. The molecule has 3 atom stereocenters. The summed E-state index contributed by atoms with van der Waals surface area (Å²) in [6.07, 6.45) is 2.82. The molecule has 3 unspecified atom stereocenters. The fourth-order valence-corrected chi connectivity index (χ4v) is 3.65. The van der Waals surface area contributed by atoms with Gasteiger partial charge in [0.1, 0.15) is 0 Å². The summed E-state index contributed by atoms with van der Waals surface area (Å²) < 4.78 is 5.59. The van der Waals surface area contributed by atoms with Crippen molar-refractivity contribution in [2.24, 2.45) is 17.8 Å². The molecule has 2 amide bonds. The molecule has 0 aromatic heterocycles. The fourth-order valence-electron chi connectivity index (χ4n) is 3.65. The van der Waals surface area contributed by atoms with Gasteiger partial charge in [-0.25, -0.2) is 0 Å². The highest BCUT2D eigenvalue weighted by molar-refractivity contribution is 6.05. The van der Waals surface area contributed by atoms with E-state index < -0.39 is 0 Å². The van der Waals surface area contributed by atoms with Gasteiger partial charge in [-0.15, -0.1) is 0 Å². The molecule has 0 aromatic carbocycles. The number of likely N-dealkylation sites (tertiary alicyclic amines) is 1. The second kappa shape index (κ2) is 5.21. The molecule has 3 rings (SSSR count). The number of fused-ring (bicyclic) bond motifs is 1. The van der Waals surface area contributed by atoms with Gasteiger partial charge in [0.05, 0.1) is 31.1 Å². The van der Waals surface area contributed by atoms with Crippen molar-refractivity contribution in [2.75, 3.05) is 26.2 Å². The van der Waals surface area contributed by atoms with E-state index in [0.717, 1.165) is 32.4 Å². The molecule has 1 N–H and O–H groups in total. The summed E-state index contributed by atoms with van der Waals surface area (Å²) in [5, 5.41) is 3.23. The predicted octanol–water partition coefficient (Wildman–Crippen LogP) is 0.396. The molecule has 0 bridgehead atoms. The Morgan fingerprint density at radius 2 is 1.95 bits per heavy atom. The zero-order valence-corrected chi connectivity index (χ0v) is 11.4. The summed E-state index contributed by atoms with van der Waals surface area (Å²) in [7, 11) is 0. The number of carbonyl (C=O) groups excluding carboxylic acids is 2. The van der Waals surface area contributed by atoms with Crippen LogP contribution in [0, 0.1) is 17.8 Å². The lowest BCUT2D eigenvalue weighted by molar-refractivity contribution is -0.143. The quantitative estimate of drug-likeness (QED) is 0.751. The van der Waals surface area contributed by atoms with Gasteiger partial charge in [0, 0.05) is 13.1 Å². The van der Waals surface area contributed by atoms with Crippen LogP contribution in [-0.2, 0) is 14.3 Å². The molecule has 1 saturated carbocycles. The van der Waals surface area contributed by atoms with Crippen LogP contribution in [-0.4, -0.2) is 49.1 Å². The van der Waals surface area contributed by atoms with Crippen molar-refractivity contribution >= 4 is 11.8 Å². The molecule has 0 radical (unpaired) electrons. The van der Waals surface area contributed by atoms with E-state index in [9.17, 15) is 9.59 Å². The van der Waals surface area contributed by atoms with Crippen LogP contribution < -0.4 is 5.32 Å². The van der Waals surface area contributed by atoms with Gasteiger partial charge in [-0.2, -0.15) is 0 Å². The highest BCUT2D eigenvalue weighted by Crippen LogP contribution is 2.44. The van der Waals surface area contributed by atoms with Crippen LogP contribution in [0.25, 0.3) is 0 Å². The summed E-state index contributed by atoms with van der Waals surface area (Å²) in [6.45, 7) is 4.80. The Kier molecular flexibility index (Phi) is 3.58. The first-order valence-corrected chi connectivity index (χ1v) is 7.38. The Labute approximate surface area is 113 Å². The van der Waals surface area contributed by atoms with E-state index in [1.54, 1.807) is 0 Å². The minimum atomic E-state index is -0.0472. The number of nitrogens with one attached hydrogen (secondary N) is 1. The summed E-state index contributed by atoms with van der Waals surface area (Å²) in [4.78, 5) is 26.2. The maximum atomic E-state index is 12.4. The first-order valence-electron chi connectivity index (χ1n) is 7.38. The van der Waals surface area contributed by atoms with E-state index in [2.05, 4.69) is 12.2 Å². The molecule has 3 aliphatic rings. The molecule has 0 spiro atoms. The summed E-state index contributed by atoms with van der Waals surface area (Å²) >= 11 is 0. The molecular weight excluding hydrogens is 244 g/mol. The second-order valence-corrected chi connectivity index (χ2v) is 5.94. The van der Waals surface area contributed by atoms with Crippen LogP contribution in [0.2, 0.25) is 0 Å². The van der Waals surface area contributed by atoms with E-state index >= 15 is 0 Å². The zero-order valence-electron chi connectivity index (χ0n) is 11.4. The second-order valence-electron chi connectivity index (χ2n) is 5.94. The van der Waals surface area contributed by atoms with Crippen molar-refractivity contribution in [3.63, 3.8) is 0 Å². The molecular formula is C14H22N2O3. The molecule has 5 heteroatoms. The van der Waals surface area contributed by atoms with Crippen molar-refractivity contribution in [1.82, 2.24) is 10.2 Å². The van der Waals surface area contributed by atoms with Crippen molar-refractivity contribution in [3.8, 4) is 0 Å². The molecule has 2 saturated heterocycles. The Hall–Kier alpha value is -0.940. The Balaban J connectivity index is 1.65. The van der Waals surface area contributed by atoms with Gasteiger partial charge in [-0.05, 0) is 18.8 Å². The number of carbonyl (C=O) groups is 2. The van der Waals surface area contributed by atoms with Gasteiger partial charge < -0.3 is 10.1 Å². The topological polar surface area (TPSA) is 58.6 Å². The molecule has 19 heavy (non-hydrogen) atoms. The summed E-state index contributed by atoms with van der Waals surface area (Å²) in [5.41, 5.74) is 0. The SMILES string of the molecule is CCC1CC2C(=O)N(CC3CNCCO3)C(=O)C2C1. The van der Waals surface area contributed by atoms with Crippen LogP contribution in [0.15, 0.2) is 0 Å². The average molecular weight is 266 g/mol. The van der Waals surface area contributed by atoms with Crippen molar-refractivity contribution < 1.29 is 14.3 Å². The standard InChI is InChI=1S/C14H22N2O3/c1-2-9-5-11-12(6-9)14(18)16(13(11)17)8-10-7-15-3-4-19-10/h9-12,15H,2-8H2,1H3. The number of ether oxygens (including phenoxy) is 1. The highest BCUT2D eigenvalue weighted by atomic mass is 16.5. The zero-order chi connectivity index (χ0) is 13.4. The minimum Gasteiger partial charge on any atom is -0.374 e. The third-order valence-corrected chi connectivity index (χ3v) is 4.79. The third kappa shape index (κ3) is 2.30. The predicted molar refractivity (Wildman–Crippen MR) is 69.3 cm³/mol. The van der Waals surface area contributed by atoms with Gasteiger partial charge in [0.15, 0.2) is 0 Å². The first kappa shape index (κ1) is 13.1. The maximum absolute atomic E-state index is 12.4. The molecule has 5 nitrogen and oxygen atoms in total. The van der Waals surface area contributed by atoms with Crippen LogP contribution in [0.5, 0.6) is 0 Å². The van der Waals surface area contributed by atoms with Crippen LogP contribution in [0.1, 0.15) is 26.2 Å². The average Bonchev–Trinajstić information content (AvgIpc) is 2.96. The first-order chi connectivity index (χ1) is 9.20. The Bertz CT molecular complexity index is 355. The van der Waals surface area contributed by atoms with E-state index in [-0.39, 0.29) is 29.8 Å². The number of amides is 2. The summed E-state index contributed by atoms with van der Waals surface area (Å²) in [5.74, 6) is 0.542. The van der Waals surface area contributed by atoms with Gasteiger partial charge in [-0.3, -0.25) is 14.5 Å². The van der Waals surface area contributed by atoms with Crippen LogP contribution >= 0.6 is 0 Å². The van der Waals surface area contributed by atoms with Crippen LogP contribution in [0.3, 0.4) is 0 Å². The molecule has 1 aliphatic carbocycles. The van der Waals surface area contributed by atoms with Gasteiger partial charge in [0.25, 0.3) is 0 Å². The lowest BCUT2D eigenvalue weighted by Crippen LogP contribution is -2.47. The van der Waals surface area contributed by atoms with E-state index in [0.29, 0.717) is 19.1 Å². The van der Waals surface area contributed by atoms with Gasteiger partial charge in [0.2, 0.25) is 11.8 Å². The number of nitrogens with zero attached hydrogens (tertiary/aromatic N) is 1. The van der Waals surface area contributed by atoms with Crippen molar-refractivity contribution in [1.29, 1.82) is 0 Å². The van der Waals surface area contributed by atoms with Crippen LogP contribution in [0.4, 0.5) is 0 Å². The Morgan fingerprint density at radius 3 is 2.47 bits per heavy atom. The van der Waals surface area contributed by atoms with Crippen molar-refractivity contribution in [3.05, 3.63) is 0 Å². The largest absolute Gasteiger partial charge is 0.374 e. The number of imide groups is 1. The van der Waals surface area contributed by atoms with Gasteiger partial charge in [-0.1, -0.05) is 13.3 Å². The molecule has 2 heterocycles. The third-order valence-electron chi connectivity index (χ3n) is 4.79. The molecule has 2 aliphatic heterocycles. The smallest absolute Gasteiger partial charge is 0.233 e. The van der Waals surface area contributed by atoms with E-state index in [1.165, 1.54) is 4.90 Å². The highest BCUT2D eigenvalue weighted by Gasteiger charge is 2.52. The fraction of sp³-hybridized carbons (Fsp3) is 0.857. The maximum Gasteiger partial charge on any atom is 0.233 e. The number of hydrogen-bond donors (Lipinski definition) is 1. The lowest BCUT2D eigenvalue weighted by atomic mass is 10.00. The molecule has 3 fully saturated rings. The summed E-state index contributed by atoms with van der Waals surface area (Å²) in [6, 6.07) is 0.